The molecule has 0 fully saturated rings. The van der Waals surface area contributed by atoms with Crippen molar-refractivity contribution in [3.05, 3.63) is 71.1 Å². The third-order valence-corrected chi connectivity index (χ3v) is 3.54. The molecule has 0 aliphatic carbocycles. The summed E-state index contributed by atoms with van der Waals surface area (Å²) in [6.45, 7) is 4.06. The molecule has 2 aromatic rings. The molecule has 0 bridgehead atoms. The highest BCUT2D eigenvalue weighted by Crippen LogP contribution is 2.25. The Morgan fingerprint density at radius 3 is 2.48 bits per heavy atom. The zero-order valence-electron chi connectivity index (χ0n) is 14.5. The third kappa shape index (κ3) is 5.70. The molecule has 2 aromatic carbocycles. The molecule has 0 N–H and O–H groups in total. The average Bonchev–Trinajstić information content (AvgIpc) is 2.66. The second-order valence-electron chi connectivity index (χ2n) is 5.40. The molecule has 9 heteroatoms. The summed E-state index contributed by atoms with van der Waals surface area (Å²) < 4.78 is 18.5. The van der Waals surface area contributed by atoms with Crippen LogP contribution in [-0.4, -0.2) is 31.1 Å². The predicted molar refractivity (Wildman–Crippen MR) is 98.1 cm³/mol. The molecule has 27 heavy (non-hydrogen) atoms. The molecule has 8 nitrogen and oxygen atoms in total. The van der Waals surface area contributed by atoms with Crippen molar-refractivity contribution in [1.82, 2.24) is 0 Å². The van der Waals surface area contributed by atoms with Gasteiger partial charge < -0.3 is 9.64 Å². The Morgan fingerprint density at radius 1 is 1.26 bits per heavy atom. The van der Waals surface area contributed by atoms with Crippen molar-refractivity contribution in [1.29, 1.82) is 0 Å². The molecule has 0 saturated carbocycles. The van der Waals surface area contributed by atoms with E-state index in [1.54, 1.807) is 24.3 Å². The largest absolute Gasteiger partial charge is 0.461 e. The average molecular weight is 372 g/mol. The minimum Gasteiger partial charge on any atom is -0.461 e. The number of carbonyl (C=O) groups excluding carboxylic acids is 1. The Morgan fingerprint density at radius 2 is 1.89 bits per heavy atom. The van der Waals surface area contributed by atoms with E-state index in [0.717, 1.165) is 23.9 Å². The van der Waals surface area contributed by atoms with Crippen LogP contribution in [0.15, 0.2) is 65.3 Å². The van der Waals surface area contributed by atoms with Gasteiger partial charge in [-0.15, -0.1) is 0 Å². The summed E-state index contributed by atoms with van der Waals surface area (Å²) in [4.78, 5) is 22.7. The maximum Gasteiger partial charge on any atom is 0.330 e. The molecule has 2 rings (SSSR count). The Balaban J connectivity index is 1.97. The van der Waals surface area contributed by atoms with Gasteiger partial charge in [-0.25, -0.2) is 4.79 Å². The van der Waals surface area contributed by atoms with Gasteiger partial charge >= 0.3 is 11.7 Å². The van der Waals surface area contributed by atoms with E-state index in [1.807, 2.05) is 11.9 Å². The van der Waals surface area contributed by atoms with Gasteiger partial charge in [0.15, 0.2) is 0 Å². The number of benzene rings is 2. The standard InChI is InChI=1S/C18H17FN4O4/c1-3-18(24)27-11-10-22(2)15-7-4-13(5-8-15)20-21-14-6-9-17(23(25)26)16(19)12-14/h3-9,12H,1,10-11H2,2H3. The van der Waals surface area contributed by atoms with Crippen LogP contribution in [0.25, 0.3) is 0 Å². The molecule has 140 valence electrons. The zero-order valence-corrected chi connectivity index (χ0v) is 14.5. The quantitative estimate of drug-likeness (QED) is 0.226. The van der Waals surface area contributed by atoms with Gasteiger partial charge in [0.1, 0.15) is 6.61 Å². The summed E-state index contributed by atoms with van der Waals surface area (Å²) >= 11 is 0. The Kier molecular flexibility index (Phi) is 6.70. The molecule has 0 spiro atoms. The first-order valence-corrected chi connectivity index (χ1v) is 7.87. The van der Waals surface area contributed by atoms with Crippen LogP contribution in [-0.2, 0) is 9.53 Å². The highest BCUT2D eigenvalue weighted by Gasteiger charge is 2.13. The summed E-state index contributed by atoms with van der Waals surface area (Å²) in [5.74, 6) is -1.44. The molecule has 0 aliphatic rings. The second-order valence-corrected chi connectivity index (χ2v) is 5.40. The van der Waals surface area contributed by atoms with E-state index in [2.05, 4.69) is 16.8 Å². The van der Waals surface area contributed by atoms with E-state index in [9.17, 15) is 19.3 Å². The highest BCUT2D eigenvalue weighted by atomic mass is 19.1. The van der Waals surface area contributed by atoms with E-state index in [-0.39, 0.29) is 12.3 Å². The Labute approximate surface area is 154 Å². The lowest BCUT2D eigenvalue weighted by atomic mass is 10.2. The topological polar surface area (TPSA) is 97.4 Å². The van der Waals surface area contributed by atoms with E-state index in [0.29, 0.717) is 12.2 Å². The van der Waals surface area contributed by atoms with Gasteiger partial charge in [-0.05, 0) is 30.3 Å². The van der Waals surface area contributed by atoms with E-state index in [4.69, 9.17) is 4.74 Å². The zero-order chi connectivity index (χ0) is 19.8. The van der Waals surface area contributed by atoms with E-state index >= 15 is 0 Å². The van der Waals surface area contributed by atoms with Gasteiger partial charge in [0, 0.05) is 30.9 Å². The molecule has 0 atom stereocenters. The molecule has 0 unspecified atom stereocenters. The molecular formula is C18H17FN4O4. The number of halogens is 1. The lowest BCUT2D eigenvalue weighted by Gasteiger charge is -2.18. The number of nitrogens with zero attached hydrogens (tertiary/aromatic N) is 4. The molecule has 0 aliphatic heterocycles. The maximum atomic E-state index is 13.6. The number of rotatable bonds is 8. The molecule has 0 amide bonds. The fourth-order valence-electron chi connectivity index (χ4n) is 2.07. The van der Waals surface area contributed by atoms with Crippen molar-refractivity contribution in [3.8, 4) is 0 Å². The van der Waals surface area contributed by atoms with Gasteiger partial charge in [-0.3, -0.25) is 10.1 Å². The summed E-state index contributed by atoms with van der Waals surface area (Å²) in [5.41, 5.74) is 0.970. The third-order valence-electron chi connectivity index (χ3n) is 3.54. The molecular weight excluding hydrogens is 355 g/mol. The van der Waals surface area contributed by atoms with E-state index < -0.39 is 22.4 Å². The van der Waals surface area contributed by atoms with Crippen molar-refractivity contribution in [3.63, 3.8) is 0 Å². The fourth-order valence-corrected chi connectivity index (χ4v) is 2.07. The summed E-state index contributed by atoms with van der Waals surface area (Å²) in [5, 5.41) is 18.4. The summed E-state index contributed by atoms with van der Waals surface area (Å²) in [6.07, 6.45) is 1.11. The first-order chi connectivity index (χ1) is 12.9. The number of carbonyl (C=O) groups is 1. The monoisotopic (exact) mass is 372 g/mol. The van der Waals surface area contributed by atoms with Crippen LogP contribution in [0.1, 0.15) is 0 Å². The number of anilines is 1. The molecule has 0 aromatic heterocycles. The SMILES string of the molecule is C=CC(=O)OCCN(C)c1ccc(N=Nc2ccc([N+](=O)[O-])c(F)c2)cc1. The number of likely N-dealkylation sites (N-methyl/N-ethyl adjacent to an activating group) is 1. The van der Waals surface area contributed by atoms with Crippen molar-refractivity contribution >= 4 is 28.7 Å². The van der Waals surface area contributed by atoms with Gasteiger partial charge in [0.2, 0.25) is 5.82 Å². The second kappa shape index (κ2) is 9.18. The molecule has 0 saturated heterocycles. The van der Waals surface area contributed by atoms with Crippen molar-refractivity contribution in [2.24, 2.45) is 10.2 Å². The van der Waals surface area contributed by atoms with Crippen LogP contribution in [0.3, 0.4) is 0 Å². The van der Waals surface area contributed by atoms with Crippen LogP contribution in [0.4, 0.5) is 27.1 Å². The van der Waals surface area contributed by atoms with Crippen LogP contribution < -0.4 is 4.90 Å². The number of hydrogen-bond donors (Lipinski definition) is 0. The van der Waals surface area contributed by atoms with Gasteiger partial charge in [-0.2, -0.15) is 14.6 Å². The fraction of sp³-hybridized carbons (Fsp3) is 0.167. The van der Waals surface area contributed by atoms with E-state index in [1.165, 1.54) is 6.07 Å². The first kappa shape index (κ1) is 19.7. The normalized spacial score (nSPS) is 10.6. The lowest BCUT2D eigenvalue weighted by molar-refractivity contribution is -0.387. The van der Waals surface area contributed by atoms with Crippen LogP contribution in [0, 0.1) is 15.9 Å². The number of ether oxygens (including phenoxy) is 1. The van der Waals surface area contributed by atoms with Gasteiger partial charge in [-0.1, -0.05) is 6.58 Å². The highest BCUT2D eigenvalue weighted by molar-refractivity contribution is 5.81. The van der Waals surface area contributed by atoms with Gasteiger partial charge in [0.25, 0.3) is 0 Å². The summed E-state index contributed by atoms with van der Waals surface area (Å²) in [7, 11) is 1.85. The Bertz CT molecular complexity index is 868. The number of nitro benzene ring substituents is 1. The smallest absolute Gasteiger partial charge is 0.330 e. The summed E-state index contributed by atoms with van der Waals surface area (Å²) in [6, 6.07) is 10.4. The van der Waals surface area contributed by atoms with Crippen molar-refractivity contribution in [2.45, 2.75) is 0 Å². The van der Waals surface area contributed by atoms with Crippen LogP contribution >= 0.6 is 0 Å². The predicted octanol–water partition coefficient (Wildman–Crippen LogP) is 4.31. The van der Waals surface area contributed by atoms with Crippen molar-refractivity contribution in [2.75, 3.05) is 25.1 Å². The lowest BCUT2D eigenvalue weighted by Crippen LogP contribution is -2.23. The molecule has 0 radical (unpaired) electrons. The molecule has 0 heterocycles. The first-order valence-electron chi connectivity index (χ1n) is 7.87. The van der Waals surface area contributed by atoms with Crippen LogP contribution in [0.2, 0.25) is 0 Å². The number of azo groups is 1. The minimum absolute atomic E-state index is 0.170. The Hall–Kier alpha value is -3.62. The minimum atomic E-state index is -0.967. The van der Waals surface area contributed by atoms with Crippen LogP contribution in [0.5, 0.6) is 0 Å². The number of nitro groups is 1. The maximum absolute atomic E-state index is 13.6. The van der Waals surface area contributed by atoms with Crippen molar-refractivity contribution < 1.29 is 18.8 Å². The number of hydrogen-bond acceptors (Lipinski definition) is 7. The number of esters is 1. The van der Waals surface area contributed by atoms with Gasteiger partial charge in [0.05, 0.1) is 22.8 Å².